The van der Waals surface area contributed by atoms with Crippen LogP contribution < -0.4 is 5.32 Å². The van der Waals surface area contributed by atoms with E-state index >= 15 is 0 Å². The molecule has 0 aliphatic carbocycles. The minimum absolute atomic E-state index is 0.0102. The van der Waals surface area contributed by atoms with Crippen molar-refractivity contribution >= 4 is 12.1 Å². The average molecular weight is 383 g/mol. The van der Waals surface area contributed by atoms with E-state index in [1.807, 2.05) is 42.5 Å². The Labute approximate surface area is 166 Å². The SMILES string of the molecule is CC(C)(C)c1ccc(CC(CCC(=O)O)NC(=O)OCc2ccccc2)cc1. The first-order chi connectivity index (χ1) is 13.2. The van der Waals surface area contributed by atoms with Crippen molar-refractivity contribution in [1.82, 2.24) is 5.32 Å². The van der Waals surface area contributed by atoms with Gasteiger partial charge in [-0.3, -0.25) is 4.79 Å². The van der Waals surface area contributed by atoms with E-state index in [2.05, 4.69) is 38.2 Å². The number of hydrogen-bond donors (Lipinski definition) is 2. The van der Waals surface area contributed by atoms with Crippen LogP contribution in [-0.4, -0.2) is 23.2 Å². The Morgan fingerprint density at radius 2 is 1.64 bits per heavy atom. The number of carboxylic acids is 1. The van der Waals surface area contributed by atoms with Gasteiger partial charge in [0.25, 0.3) is 0 Å². The summed E-state index contributed by atoms with van der Waals surface area (Å²) in [4.78, 5) is 23.1. The molecule has 0 saturated heterocycles. The van der Waals surface area contributed by atoms with E-state index in [0.29, 0.717) is 12.8 Å². The summed E-state index contributed by atoms with van der Waals surface area (Å²) >= 11 is 0. The van der Waals surface area contributed by atoms with Crippen molar-refractivity contribution in [3.05, 3.63) is 71.3 Å². The van der Waals surface area contributed by atoms with Crippen LogP contribution >= 0.6 is 0 Å². The monoisotopic (exact) mass is 383 g/mol. The number of hydrogen-bond acceptors (Lipinski definition) is 3. The molecule has 0 aromatic heterocycles. The Kier molecular flexibility index (Phi) is 7.61. The highest BCUT2D eigenvalue weighted by Gasteiger charge is 2.17. The van der Waals surface area contributed by atoms with Gasteiger partial charge in [0.1, 0.15) is 6.61 Å². The van der Waals surface area contributed by atoms with E-state index in [9.17, 15) is 9.59 Å². The van der Waals surface area contributed by atoms with Crippen LogP contribution in [0.25, 0.3) is 0 Å². The zero-order valence-electron chi connectivity index (χ0n) is 16.8. The number of amides is 1. The molecule has 2 rings (SSSR count). The molecule has 2 aromatic carbocycles. The van der Waals surface area contributed by atoms with Crippen molar-refractivity contribution in [3.8, 4) is 0 Å². The Morgan fingerprint density at radius 3 is 2.21 bits per heavy atom. The standard InChI is InChI=1S/C23H29NO4/c1-23(2,3)19-11-9-17(10-12-19)15-20(13-14-21(25)26)24-22(27)28-16-18-7-5-4-6-8-18/h4-12,20H,13-16H2,1-3H3,(H,24,27)(H,25,26). The molecule has 0 saturated carbocycles. The number of benzene rings is 2. The molecule has 5 heteroatoms. The summed E-state index contributed by atoms with van der Waals surface area (Å²) in [5, 5.41) is 11.8. The molecule has 150 valence electrons. The molecule has 2 aromatic rings. The van der Waals surface area contributed by atoms with E-state index in [-0.39, 0.29) is 24.5 Å². The summed E-state index contributed by atoms with van der Waals surface area (Å²) in [6.45, 7) is 6.64. The quantitative estimate of drug-likeness (QED) is 0.694. The van der Waals surface area contributed by atoms with Crippen molar-refractivity contribution in [1.29, 1.82) is 0 Å². The molecule has 0 aliphatic heterocycles. The molecule has 0 spiro atoms. The Bertz CT molecular complexity index is 763. The van der Waals surface area contributed by atoms with E-state index < -0.39 is 12.1 Å². The molecule has 1 amide bonds. The fraction of sp³-hybridized carbons (Fsp3) is 0.391. The molecule has 28 heavy (non-hydrogen) atoms. The van der Waals surface area contributed by atoms with Crippen LogP contribution in [0.4, 0.5) is 4.79 Å². The maximum Gasteiger partial charge on any atom is 0.407 e. The van der Waals surface area contributed by atoms with Gasteiger partial charge in [-0.15, -0.1) is 0 Å². The predicted octanol–water partition coefficient (Wildman–Crippen LogP) is 4.69. The highest BCUT2D eigenvalue weighted by molar-refractivity contribution is 5.68. The van der Waals surface area contributed by atoms with Crippen molar-refractivity contribution in [2.24, 2.45) is 0 Å². The number of aliphatic carboxylic acids is 1. The number of carboxylic acid groups (broad SMARTS) is 1. The summed E-state index contributed by atoms with van der Waals surface area (Å²) in [5.41, 5.74) is 3.25. The third-order valence-corrected chi connectivity index (χ3v) is 4.54. The molecule has 0 radical (unpaired) electrons. The van der Waals surface area contributed by atoms with Crippen LogP contribution in [0.1, 0.15) is 50.3 Å². The minimum Gasteiger partial charge on any atom is -0.481 e. The van der Waals surface area contributed by atoms with Crippen molar-refractivity contribution in [3.63, 3.8) is 0 Å². The highest BCUT2D eigenvalue weighted by atomic mass is 16.5. The lowest BCUT2D eigenvalue weighted by atomic mass is 9.86. The molecule has 2 N–H and O–H groups in total. The van der Waals surface area contributed by atoms with Crippen LogP contribution in [0, 0.1) is 0 Å². The van der Waals surface area contributed by atoms with E-state index in [4.69, 9.17) is 9.84 Å². The lowest BCUT2D eigenvalue weighted by Crippen LogP contribution is -2.37. The predicted molar refractivity (Wildman–Crippen MR) is 109 cm³/mol. The lowest BCUT2D eigenvalue weighted by Gasteiger charge is -2.21. The first-order valence-corrected chi connectivity index (χ1v) is 9.52. The maximum atomic E-state index is 12.2. The molecule has 0 bridgehead atoms. The van der Waals surface area contributed by atoms with Gasteiger partial charge in [0.05, 0.1) is 0 Å². The van der Waals surface area contributed by atoms with Gasteiger partial charge in [-0.1, -0.05) is 75.4 Å². The van der Waals surface area contributed by atoms with Crippen LogP contribution in [0.15, 0.2) is 54.6 Å². The van der Waals surface area contributed by atoms with Gasteiger partial charge in [0.2, 0.25) is 0 Å². The van der Waals surface area contributed by atoms with Crippen molar-refractivity contribution in [2.75, 3.05) is 0 Å². The van der Waals surface area contributed by atoms with Gasteiger partial charge in [0, 0.05) is 12.5 Å². The number of rotatable bonds is 8. The molecule has 0 fully saturated rings. The van der Waals surface area contributed by atoms with Gasteiger partial charge in [-0.05, 0) is 34.9 Å². The van der Waals surface area contributed by atoms with E-state index in [0.717, 1.165) is 11.1 Å². The topological polar surface area (TPSA) is 75.6 Å². The third kappa shape index (κ3) is 7.43. The average Bonchev–Trinajstić information content (AvgIpc) is 2.65. The molecule has 5 nitrogen and oxygen atoms in total. The van der Waals surface area contributed by atoms with Crippen molar-refractivity contribution < 1.29 is 19.4 Å². The second-order valence-corrected chi connectivity index (χ2v) is 7.99. The molecule has 0 heterocycles. The zero-order valence-corrected chi connectivity index (χ0v) is 16.8. The number of nitrogens with one attached hydrogen (secondary N) is 1. The van der Waals surface area contributed by atoms with Gasteiger partial charge in [-0.25, -0.2) is 4.79 Å². The molecule has 0 aliphatic rings. The zero-order chi connectivity index (χ0) is 20.6. The molecule has 1 atom stereocenters. The van der Waals surface area contributed by atoms with Gasteiger partial charge < -0.3 is 15.2 Å². The first kappa shape index (κ1) is 21.5. The van der Waals surface area contributed by atoms with E-state index in [1.165, 1.54) is 5.56 Å². The summed E-state index contributed by atoms with van der Waals surface area (Å²) in [6, 6.07) is 17.3. The van der Waals surface area contributed by atoms with Crippen LogP contribution in [0.3, 0.4) is 0 Å². The summed E-state index contributed by atoms with van der Waals surface area (Å²) in [7, 11) is 0. The summed E-state index contributed by atoms with van der Waals surface area (Å²) < 4.78 is 5.27. The van der Waals surface area contributed by atoms with Crippen LogP contribution in [0.5, 0.6) is 0 Å². The normalized spacial score (nSPS) is 12.2. The number of ether oxygens (including phenoxy) is 1. The lowest BCUT2D eigenvalue weighted by molar-refractivity contribution is -0.137. The Balaban J connectivity index is 1.96. The summed E-state index contributed by atoms with van der Waals surface area (Å²) in [5.74, 6) is -0.882. The number of carbonyl (C=O) groups is 2. The maximum absolute atomic E-state index is 12.2. The second kappa shape index (κ2) is 9.93. The minimum atomic E-state index is -0.882. The fourth-order valence-electron chi connectivity index (χ4n) is 2.88. The Hall–Kier alpha value is -2.82. The van der Waals surface area contributed by atoms with Crippen molar-refractivity contribution in [2.45, 2.75) is 58.1 Å². The fourth-order valence-corrected chi connectivity index (χ4v) is 2.88. The van der Waals surface area contributed by atoms with Crippen LogP contribution in [0.2, 0.25) is 0 Å². The largest absolute Gasteiger partial charge is 0.481 e. The molecular weight excluding hydrogens is 354 g/mol. The van der Waals surface area contributed by atoms with Gasteiger partial charge in [0.15, 0.2) is 0 Å². The molecular formula is C23H29NO4. The van der Waals surface area contributed by atoms with Crippen LogP contribution in [-0.2, 0) is 28.0 Å². The molecule has 1 unspecified atom stereocenters. The highest BCUT2D eigenvalue weighted by Crippen LogP contribution is 2.22. The van der Waals surface area contributed by atoms with Gasteiger partial charge >= 0.3 is 12.1 Å². The third-order valence-electron chi connectivity index (χ3n) is 4.54. The number of carbonyl (C=O) groups excluding carboxylic acids is 1. The van der Waals surface area contributed by atoms with Gasteiger partial charge in [-0.2, -0.15) is 0 Å². The second-order valence-electron chi connectivity index (χ2n) is 7.99. The first-order valence-electron chi connectivity index (χ1n) is 9.52. The smallest absolute Gasteiger partial charge is 0.407 e. The van der Waals surface area contributed by atoms with E-state index in [1.54, 1.807) is 0 Å². The summed E-state index contributed by atoms with van der Waals surface area (Å²) in [6.07, 6.45) is 0.351. The Morgan fingerprint density at radius 1 is 1.00 bits per heavy atom. The number of alkyl carbamates (subject to hydrolysis) is 1.